The van der Waals surface area contributed by atoms with Gasteiger partial charge in [0.2, 0.25) is 11.2 Å². The topological polar surface area (TPSA) is 69.4 Å². The van der Waals surface area contributed by atoms with Crippen molar-refractivity contribution < 1.29 is 13.9 Å². The molecule has 2 heterocycles. The minimum Gasteiger partial charge on any atom is -0.452 e. The first-order valence-corrected chi connectivity index (χ1v) is 9.21. The van der Waals surface area contributed by atoms with Crippen molar-refractivity contribution in [3.8, 4) is 17.1 Å². The van der Waals surface area contributed by atoms with E-state index in [0.29, 0.717) is 16.5 Å². The summed E-state index contributed by atoms with van der Waals surface area (Å²) in [7, 11) is 0. The summed E-state index contributed by atoms with van der Waals surface area (Å²) in [4.78, 5) is 29.8. The molecule has 2 aromatic carbocycles. The Morgan fingerprint density at radius 2 is 1.72 bits per heavy atom. The van der Waals surface area contributed by atoms with E-state index in [-0.39, 0.29) is 22.5 Å². The molecule has 0 spiro atoms. The second-order valence-electron chi connectivity index (χ2n) is 7.02. The number of hydrogen-bond donors (Lipinski definition) is 0. The minimum absolute atomic E-state index is 0.126. The quantitative estimate of drug-likeness (QED) is 0.464. The highest BCUT2D eigenvalue weighted by Crippen LogP contribution is 2.32. The molecule has 144 valence electrons. The van der Waals surface area contributed by atoms with Crippen molar-refractivity contribution in [3.63, 3.8) is 0 Å². The van der Waals surface area contributed by atoms with E-state index in [4.69, 9.17) is 9.15 Å². The Labute approximate surface area is 167 Å². The Morgan fingerprint density at radius 3 is 2.41 bits per heavy atom. The van der Waals surface area contributed by atoms with Gasteiger partial charge in [0.1, 0.15) is 5.58 Å². The zero-order valence-corrected chi connectivity index (χ0v) is 16.4. The molecule has 0 saturated heterocycles. The number of hydrogen-bond acceptors (Lipinski definition) is 5. The zero-order chi connectivity index (χ0) is 20.5. The first-order chi connectivity index (χ1) is 13.9. The summed E-state index contributed by atoms with van der Waals surface area (Å²) < 4.78 is 11.6. The Morgan fingerprint density at radius 1 is 1.00 bits per heavy atom. The van der Waals surface area contributed by atoms with E-state index in [2.05, 4.69) is 4.98 Å². The van der Waals surface area contributed by atoms with Crippen molar-refractivity contribution in [1.29, 1.82) is 0 Å². The van der Waals surface area contributed by atoms with Crippen LogP contribution >= 0.6 is 0 Å². The summed E-state index contributed by atoms with van der Waals surface area (Å²) in [6.07, 6.45) is 2.95. The molecule has 0 unspecified atom stereocenters. The maximum Gasteiger partial charge on any atom is 0.345 e. The Hall–Kier alpha value is -3.73. The average Bonchev–Trinajstić information content (AvgIpc) is 2.73. The summed E-state index contributed by atoms with van der Waals surface area (Å²) >= 11 is 0. The van der Waals surface area contributed by atoms with Gasteiger partial charge in [-0.3, -0.25) is 9.78 Å². The highest BCUT2D eigenvalue weighted by Gasteiger charge is 2.22. The van der Waals surface area contributed by atoms with Gasteiger partial charge in [-0.25, -0.2) is 4.79 Å². The van der Waals surface area contributed by atoms with Crippen LogP contribution in [0.25, 0.3) is 22.3 Å². The highest BCUT2D eigenvalue weighted by molar-refractivity contribution is 5.92. The fraction of sp³-hybridized carbons (Fsp3) is 0.125. The number of benzene rings is 2. The van der Waals surface area contributed by atoms with Gasteiger partial charge in [-0.1, -0.05) is 29.8 Å². The molecule has 4 rings (SSSR count). The number of fused-ring (bicyclic) bond motifs is 1. The molecular formula is C24H19NO4. The van der Waals surface area contributed by atoms with Crippen LogP contribution in [-0.4, -0.2) is 11.0 Å². The first kappa shape index (κ1) is 18.6. The third-order valence-electron chi connectivity index (χ3n) is 4.87. The molecule has 5 heteroatoms. The van der Waals surface area contributed by atoms with E-state index in [0.717, 1.165) is 16.7 Å². The largest absolute Gasteiger partial charge is 0.452 e. The van der Waals surface area contributed by atoms with E-state index in [1.807, 2.05) is 51.1 Å². The lowest BCUT2D eigenvalue weighted by Gasteiger charge is -2.12. The lowest BCUT2D eigenvalue weighted by Crippen LogP contribution is -2.16. The summed E-state index contributed by atoms with van der Waals surface area (Å²) in [5.74, 6) is -0.566. The zero-order valence-electron chi connectivity index (χ0n) is 16.4. The molecule has 2 aromatic heterocycles. The fourth-order valence-electron chi connectivity index (χ4n) is 3.06. The van der Waals surface area contributed by atoms with Crippen molar-refractivity contribution >= 4 is 16.9 Å². The van der Waals surface area contributed by atoms with Crippen molar-refractivity contribution in [1.82, 2.24) is 4.98 Å². The van der Waals surface area contributed by atoms with Gasteiger partial charge in [-0.05, 0) is 56.2 Å². The molecule has 0 fully saturated rings. The van der Waals surface area contributed by atoms with Crippen LogP contribution in [0.5, 0.6) is 5.75 Å². The molecule has 29 heavy (non-hydrogen) atoms. The van der Waals surface area contributed by atoms with Crippen molar-refractivity contribution in [2.45, 2.75) is 20.8 Å². The molecule has 0 bridgehead atoms. The van der Waals surface area contributed by atoms with Crippen molar-refractivity contribution in [2.24, 2.45) is 0 Å². The van der Waals surface area contributed by atoms with Gasteiger partial charge in [-0.2, -0.15) is 0 Å². The first-order valence-electron chi connectivity index (χ1n) is 9.21. The third-order valence-corrected chi connectivity index (χ3v) is 4.87. The van der Waals surface area contributed by atoms with Crippen LogP contribution in [0.3, 0.4) is 0 Å². The number of carbonyl (C=O) groups is 1. The maximum absolute atomic E-state index is 13.3. The number of aromatic nitrogens is 1. The Balaban J connectivity index is 1.94. The van der Waals surface area contributed by atoms with E-state index in [9.17, 15) is 9.59 Å². The van der Waals surface area contributed by atoms with Gasteiger partial charge in [-0.15, -0.1) is 0 Å². The standard InChI is InChI=1S/C24H19NO4/c1-14-6-8-17(9-7-14)22-23(29-24(27)18-5-4-10-25-13-18)21(26)19-11-15(2)16(3)12-20(19)28-22/h4-13H,1-3H3. The molecule has 0 radical (unpaired) electrons. The molecule has 0 N–H and O–H groups in total. The van der Waals surface area contributed by atoms with Crippen molar-refractivity contribution in [2.75, 3.05) is 0 Å². The van der Waals surface area contributed by atoms with Crippen LogP contribution in [0.15, 0.2) is 70.1 Å². The van der Waals surface area contributed by atoms with E-state index >= 15 is 0 Å². The Bertz CT molecular complexity index is 1270. The number of carbonyl (C=O) groups excluding carboxylic acids is 1. The lowest BCUT2D eigenvalue weighted by atomic mass is 10.0. The second-order valence-corrected chi connectivity index (χ2v) is 7.02. The van der Waals surface area contributed by atoms with Gasteiger partial charge in [0.05, 0.1) is 10.9 Å². The van der Waals surface area contributed by atoms with Gasteiger partial charge < -0.3 is 9.15 Å². The normalized spacial score (nSPS) is 10.9. The number of ether oxygens (including phenoxy) is 1. The SMILES string of the molecule is Cc1ccc(-c2oc3cc(C)c(C)cc3c(=O)c2OC(=O)c2cccnc2)cc1. The monoisotopic (exact) mass is 385 g/mol. The predicted octanol–water partition coefficient (Wildman–Crippen LogP) is 5.00. The van der Waals surface area contributed by atoms with Gasteiger partial charge in [0.15, 0.2) is 5.76 Å². The summed E-state index contributed by atoms with van der Waals surface area (Å²) in [6.45, 7) is 5.84. The minimum atomic E-state index is -0.665. The van der Waals surface area contributed by atoms with E-state index < -0.39 is 5.97 Å². The number of rotatable bonds is 3. The molecule has 5 nitrogen and oxygen atoms in total. The molecular weight excluding hydrogens is 366 g/mol. The highest BCUT2D eigenvalue weighted by atomic mass is 16.5. The van der Waals surface area contributed by atoms with Gasteiger partial charge >= 0.3 is 5.97 Å². The molecule has 0 aliphatic rings. The summed E-state index contributed by atoms with van der Waals surface area (Å²) in [6, 6.07) is 14.3. The molecule has 0 aliphatic heterocycles. The van der Waals surface area contributed by atoms with Crippen LogP contribution in [0.1, 0.15) is 27.0 Å². The van der Waals surface area contributed by atoms with Crippen LogP contribution in [-0.2, 0) is 0 Å². The van der Waals surface area contributed by atoms with Crippen LogP contribution in [0.4, 0.5) is 0 Å². The van der Waals surface area contributed by atoms with Crippen LogP contribution in [0.2, 0.25) is 0 Å². The van der Waals surface area contributed by atoms with Gasteiger partial charge in [0.25, 0.3) is 0 Å². The summed E-state index contributed by atoms with van der Waals surface area (Å²) in [5, 5.41) is 0.373. The van der Waals surface area contributed by atoms with Crippen LogP contribution in [0, 0.1) is 20.8 Å². The van der Waals surface area contributed by atoms with E-state index in [1.54, 1.807) is 24.4 Å². The van der Waals surface area contributed by atoms with Crippen molar-refractivity contribution in [3.05, 3.63) is 93.4 Å². The number of nitrogens with zero attached hydrogens (tertiary/aromatic N) is 1. The molecule has 0 atom stereocenters. The Kier molecular flexibility index (Phi) is 4.72. The third kappa shape index (κ3) is 3.55. The number of esters is 1. The van der Waals surface area contributed by atoms with Gasteiger partial charge in [0, 0.05) is 18.0 Å². The number of pyridine rings is 1. The average molecular weight is 385 g/mol. The number of aryl methyl sites for hydroxylation is 3. The smallest absolute Gasteiger partial charge is 0.345 e. The second kappa shape index (κ2) is 7.36. The molecule has 0 aliphatic carbocycles. The summed E-state index contributed by atoms with van der Waals surface area (Å²) in [5.41, 5.74) is 4.01. The lowest BCUT2D eigenvalue weighted by molar-refractivity contribution is 0.0731. The maximum atomic E-state index is 13.3. The predicted molar refractivity (Wildman–Crippen MR) is 111 cm³/mol. The fourth-order valence-corrected chi connectivity index (χ4v) is 3.06. The molecule has 0 saturated carbocycles. The van der Waals surface area contributed by atoms with Crippen LogP contribution < -0.4 is 10.2 Å². The molecule has 0 amide bonds. The van der Waals surface area contributed by atoms with E-state index in [1.165, 1.54) is 6.20 Å². The molecule has 4 aromatic rings.